The number of hydrogen-bond acceptors (Lipinski definition) is 2. The number of unbranched alkanes of at least 4 members (excludes halogenated alkanes) is 15. The maximum absolute atomic E-state index is 12.0. The number of ether oxygens (including phenoxy) is 1. The Morgan fingerprint density at radius 1 is 0.621 bits per heavy atom. The highest BCUT2D eigenvalue weighted by Gasteiger charge is 2.06. The van der Waals surface area contributed by atoms with Gasteiger partial charge in [0.25, 0.3) is 0 Å². The molecule has 0 heterocycles. The normalized spacial score (nSPS) is 11.0. The molecular formula is C27H46O2. The van der Waals surface area contributed by atoms with Gasteiger partial charge in [-0.1, -0.05) is 122 Å². The zero-order chi connectivity index (χ0) is 21.0. The van der Waals surface area contributed by atoms with Crippen molar-refractivity contribution in [2.45, 2.75) is 123 Å². The van der Waals surface area contributed by atoms with Crippen molar-refractivity contribution in [2.24, 2.45) is 0 Å². The highest BCUT2D eigenvalue weighted by Crippen LogP contribution is 2.14. The first-order valence-electron chi connectivity index (χ1n) is 12.5. The molecule has 0 fully saturated rings. The number of carbonyl (C=O) groups is 1. The molecule has 0 bridgehead atoms. The van der Waals surface area contributed by atoms with Gasteiger partial charge in [0.2, 0.25) is 0 Å². The number of esters is 1. The quantitative estimate of drug-likeness (QED) is 0.171. The first-order chi connectivity index (χ1) is 14.3. The second-order valence-corrected chi connectivity index (χ2v) is 8.49. The first kappa shape index (κ1) is 25.7. The topological polar surface area (TPSA) is 26.3 Å². The lowest BCUT2D eigenvalue weighted by molar-refractivity contribution is 0.0497. The molecule has 2 nitrogen and oxygen atoms in total. The average molecular weight is 403 g/mol. The Kier molecular flexibility index (Phi) is 16.6. The van der Waals surface area contributed by atoms with E-state index in [1.165, 1.54) is 102 Å². The Morgan fingerprint density at radius 3 is 1.45 bits per heavy atom. The molecule has 0 aromatic heterocycles. The van der Waals surface area contributed by atoms with E-state index < -0.39 is 0 Å². The largest absolute Gasteiger partial charge is 0.462 e. The fourth-order valence-corrected chi connectivity index (χ4v) is 3.77. The second kappa shape index (κ2) is 18.7. The third kappa shape index (κ3) is 14.3. The summed E-state index contributed by atoms with van der Waals surface area (Å²) >= 11 is 0. The minimum Gasteiger partial charge on any atom is -0.462 e. The van der Waals surface area contributed by atoms with Crippen LogP contribution in [0.5, 0.6) is 0 Å². The van der Waals surface area contributed by atoms with Gasteiger partial charge in [0.05, 0.1) is 12.2 Å². The molecule has 0 saturated heterocycles. The highest BCUT2D eigenvalue weighted by molar-refractivity contribution is 5.89. The van der Waals surface area contributed by atoms with Gasteiger partial charge in [-0.2, -0.15) is 0 Å². The van der Waals surface area contributed by atoms with Gasteiger partial charge >= 0.3 is 5.97 Å². The summed E-state index contributed by atoms with van der Waals surface area (Å²) in [6.07, 6.45) is 22.7. The smallest absolute Gasteiger partial charge is 0.338 e. The molecule has 0 radical (unpaired) electrons. The van der Waals surface area contributed by atoms with E-state index in [9.17, 15) is 4.79 Å². The van der Waals surface area contributed by atoms with E-state index in [4.69, 9.17) is 4.74 Å². The van der Waals surface area contributed by atoms with Gasteiger partial charge in [-0.15, -0.1) is 0 Å². The molecule has 29 heavy (non-hydrogen) atoms. The minimum absolute atomic E-state index is 0.186. The molecular weight excluding hydrogens is 356 g/mol. The van der Waals surface area contributed by atoms with Crippen LogP contribution in [-0.2, 0) is 11.2 Å². The third-order valence-corrected chi connectivity index (χ3v) is 5.83. The Labute approximate surface area is 180 Å². The van der Waals surface area contributed by atoms with E-state index in [1.54, 1.807) is 0 Å². The predicted molar refractivity (Wildman–Crippen MR) is 126 cm³/mol. The van der Waals surface area contributed by atoms with E-state index in [0.717, 1.165) is 12.8 Å². The van der Waals surface area contributed by atoms with E-state index in [2.05, 4.69) is 13.8 Å². The lowest BCUT2D eigenvalue weighted by atomic mass is 10.0. The number of benzene rings is 1. The standard InChI is InChI=1S/C27H46O2/c1-3-5-6-7-8-9-10-11-12-13-14-15-16-17-18-19-24-29-27(28)26-22-20-25(4-2)21-23-26/h20-23H,3-19,24H2,1-2H3. The lowest BCUT2D eigenvalue weighted by Crippen LogP contribution is -2.06. The summed E-state index contributed by atoms with van der Waals surface area (Å²) in [6, 6.07) is 7.75. The maximum Gasteiger partial charge on any atom is 0.338 e. The molecule has 0 N–H and O–H groups in total. The molecule has 0 aliphatic heterocycles. The Hall–Kier alpha value is -1.31. The molecule has 0 saturated carbocycles. The summed E-state index contributed by atoms with van der Waals surface area (Å²) in [5.41, 5.74) is 1.91. The van der Waals surface area contributed by atoms with Crippen molar-refractivity contribution in [3.63, 3.8) is 0 Å². The van der Waals surface area contributed by atoms with Crippen LogP contribution in [0.3, 0.4) is 0 Å². The summed E-state index contributed by atoms with van der Waals surface area (Å²) in [4.78, 5) is 12.0. The monoisotopic (exact) mass is 402 g/mol. The number of rotatable bonds is 19. The summed E-state index contributed by atoms with van der Waals surface area (Å²) in [7, 11) is 0. The molecule has 1 aromatic rings. The van der Waals surface area contributed by atoms with Crippen molar-refractivity contribution in [3.05, 3.63) is 35.4 Å². The van der Waals surface area contributed by atoms with Crippen molar-refractivity contribution in [1.82, 2.24) is 0 Å². The van der Waals surface area contributed by atoms with Crippen molar-refractivity contribution in [2.75, 3.05) is 6.61 Å². The fraction of sp³-hybridized carbons (Fsp3) is 0.741. The summed E-state index contributed by atoms with van der Waals surface area (Å²) in [6.45, 7) is 4.95. The molecule has 0 unspecified atom stereocenters. The molecule has 0 amide bonds. The van der Waals surface area contributed by atoms with Crippen molar-refractivity contribution in [1.29, 1.82) is 0 Å². The third-order valence-electron chi connectivity index (χ3n) is 5.83. The summed E-state index contributed by atoms with van der Waals surface area (Å²) in [5, 5.41) is 0. The Bertz CT molecular complexity index is 492. The van der Waals surface area contributed by atoms with Gasteiger partial charge in [-0.05, 0) is 30.5 Å². The van der Waals surface area contributed by atoms with Crippen LogP contribution in [0.2, 0.25) is 0 Å². The lowest BCUT2D eigenvalue weighted by Gasteiger charge is -2.06. The summed E-state index contributed by atoms with van der Waals surface area (Å²) in [5.74, 6) is -0.186. The molecule has 0 spiro atoms. The zero-order valence-electron chi connectivity index (χ0n) is 19.4. The Balaban J connectivity index is 1.81. The molecule has 1 rings (SSSR count). The minimum atomic E-state index is -0.186. The summed E-state index contributed by atoms with van der Waals surface area (Å²) < 4.78 is 5.38. The zero-order valence-corrected chi connectivity index (χ0v) is 19.4. The van der Waals surface area contributed by atoms with E-state index in [1.807, 2.05) is 24.3 Å². The number of aryl methyl sites for hydroxylation is 1. The van der Waals surface area contributed by atoms with Gasteiger partial charge in [0.1, 0.15) is 0 Å². The number of carbonyl (C=O) groups excluding carboxylic acids is 1. The highest BCUT2D eigenvalue weighted by atomic mass is 16.5. The van der Waals surface area contributed by atoms with Crippen LogP contribution in [-0.4, -0.2) is 12.6 Å². The number of hydrogen-bond donors (Lipinski definition) is 0. The van der Waals surface area contributed by atoms with Crippen LogP contribution in [0.1, 0.15) is 133 Å². The second-order valence-electron chi connectivity index (χ2n) is 8.49. The Morgan fingerprint density at radius 2 is 1.03 bits per heavy atom. The molecule has 0 aliphatic carbocycles. The van der Waals surface area contributed by atoms with Crippen LogP contribution in [0.15, 0.2) is 24.3 Å². The molecule has 166 valence electrons. The van der Waals surface area contributed by atoms with Crippen molar-refractivity contribution in [3.8, 4) is 0 Å². The van der Waals surface area contributed by atoms with Gasteiger partial charge in [-0.25, -0.2) is 4.79 Å². The van der Waals surface area contributed by atoms with E-state index in [-0.39, 0.29) is 5.97 Å². The van der Waals surface area contributed by atoms with E-state index >= 15 is 0 Å². The molecule has 0 aliphatic rings. The van der Waals surface area contributed by atoms with Gasteiger partial charge in [0.15, 0.2) is 0 Å². The van der Waals surface area contributed by atoms with Gasteiger partial charge in [-0.3, -0.25) is 0 Å². The molecule has 0 atom stereocenters. The fourth-order valence-electron chi connectivity index (χ4n) is 3.77. The van der Waals surface area contributed by atoms with E-state index in [0.29, 0.717) is 12.2 Å². The van der Waals surface area contributed by atoms with Gasteiger partial charge in [0, 0.05) is 0 Å². The van der Waals surface area contributed by atoms with Crippen molar-refractivity contribution < 1.29 is 9.53 Å². The average Bonchev–Trinajstić information content (AvgIpc) is 2.75. The predicted octanol–water partition coefficient (Wildman–Crippen LogP) is 8.67. The van der Waals surface area contributed by atoms with Crippen molar-refractivity contribution >= 4 is 5.97 Å². The van der Waals surface area contributed by atoms with Crippen LogP contribution < -0.4 is 0 Å². The molecule has 1 aromatic carbocycles. The van der Waals surface area contributed by atoms with Crippen LogP contribution in [0.4, 0.5) is 0 Å². The van der Waals surface area contributed by atoms with Crippen LogP contribution in [0, 0.1) is 0 Å². The molecule has 2 heteroatoms. The maximum atomic E-state index is 12.0. The van der Waals surface area contributed by atoms with Crippen LogP contribution in [0.25, 0.3) is 0 Å². The van der Waals surface area contributed by atoms with Gasteiger partial charge < -0.3 is 4.74 Å². The van der Waals surface area contributed by atoms with Crippen LogP contribution >= 0.6 is 0 Å². The SMILES string of the molecule is CCCCCCCCCCCCCCCCCCOC(=O)c1ccc(CC)cc1. The first-order valence-corrected chi connectivity index (χ1v) is 12.5.